The van der Waals surface area contributed by atoms with Gasteiger partial charge in [0, 0.05) is 5.02 Å². The van der Waals surface area contributed by atoms with Gasteiger partial charge in [0.25, 0.3) is 0 Å². The Morgan fingerprint density at radius 1 is 1.27 bits per heavy atom. The van der Waals surface area contributed by atoms with E-state index in [0.717, 1.165) is 18.0 Å². The molecular weight excluding hydrogens is 206 g/mol. The number of aryl methyl sites for hydroxylation is 1. The second-order valence-electron chi connectivity index (χ2n) is 4.49. The van der Waals surface area contributed by atoms with Gasteiger partial charge in [-0.3, -0.25) is 0 Å². The van der Waals surface area contributed by atoms with Crippen molar-refractivity contribution in [1.29, 1.82) is 0 Å². The van der Waals surface area contributed by atoms with E-state index in [2.05, 4.69) is 32.9 Å². The molecule has 0 fully saturated rings. The van der Waals surface area contributed by atoms with E-state index in [4.69, 9.17) is 17.3 Å². The third-order valence-corrected chi connectivity index (χ3v) is 2.99. The monoisotopic (exact) mass is 225 g/mol. The Morgan fingerprint density at radius 3 is 2.40 bits per heavy atom. The van der Waals surface area contributed by atoms with Crippen molar-refractivity contribution < 1.29 is 0 Å². The lowest BCUT2D eigenvalue weighted by Gasteiger charge is -2.21. The number of benzene rings is 1. The van der Waals surface area contributed by atoms with Gasteiger partial charge < -0.3 is 5.73 Å². The molecule has 1 nitrogen and oxygen atoms in total. The number of nitrogens with two attached hydrogens (primary N) is 1. The first-order valence-corrected chi connectivity index (χ1v) is 5.89. The SMILES string of the molecule is Cc1cc(Cl)cc(C(CCN)C(C)C)c1. The van der Waals surface area contributed by atoms with E-state index in [-0.39, 0.29) is 0 Å². The summed E-state index contributed by atoms with van der Waals surface area (Å²) in [5, 5.41) is 0.827. The summed E-state index contributed by atoms with van der Waals surface area (Å²) in [6.45, 7) is 7.27. The molecule has 0 aliphatic heterocycles. The van der Waals surface area contributed by atoms with Crippen molar-refractivity contribution in [3.05, 3.63) is 34.3 Å². The Labute approximate surface area is 97.6 Å². The second-order valence-corrected chi connectivity index (χ2v) is 4.93. The predicted octanol–water partition coefficient (Wildman–Crippen LogP) is 3.74. The number of halogens is 1. The summed E-state index contributed by atoms with van der Waals surface area (Å²) in [6, 6.07) is 6.27. The Balaban J connectivity index is 2.99. The van der Waals surface area contributed by atoms with E-state index in [1.54, 1.807) is 0 Å². The molecule has 0 saturated heterocycles. The summed E-state index contributed by atoms with van der Waals surface area (Å²) < 4.78 is 0. The van der Waals surface area contributed by atoms with Gasteiger partial charge in [-0.15, -0.1) is 0 Å². The fourth-order valence-electron chi connectivity index (χ4n) is 2.04. The van der Waals surface area contributed by atoms with Gasteiger partial charge in [-0.25, -0.2) is 0 Å². The van der Waals surface area contributed by atoms with Crippen LogP contribution in [0.25, 0.3) is 0 Å². The second kappa shape index (κ2) is 5.53. The molecule has 0 radical (unpaired) electrons. The first-order valence-electron chi connectivity index (χ1n) is 5.51. The number of hydrogen-bond acceptors (Lipinski definition) is 1. The van der Waals surface area contributed by atoms with E-state index in [1.165, 1.54) is 11.1 Å². The van der Waals surface area contributed by atoms with E-state index in [0.29, 0.717) is 11.8 Å². The molecule has 2 N–H and O–H groups in total. The largest absolute Gasteiger partial charge is 0.330 e. The highest BCUT2D eigenvalue weighted by molar-refractivity contribution is 6.30. The lowest BCUT2D eigenvalue weighted by Crippen LogP contribution is -2.12. The third kappa shape index (κ3) is 3.51. The highest BCUT2D eigenvalue weighted by atomic mass is 35.5. The third-order valence-electron chi connectivity index (χ3n) is 2.78. The minimum absolute atomic E-state index is 0.521. The zero-order valence-corrected chi connectivity index (χ0v) is 10.5. The zero-order chi connectivity index (χ0) is 11.4. The molecule has 1 unspecified atom stereocenters. The van der Waals surface area contributed by atoms with Crippen molar-refractivity contribution in [3.63, 3.8) is 0 Å². The molecule has 0 spiro atoms. The Hall–Kier alpha value is -0.530. The molecule has 84 valence electrons. The maximum Gasteiger partial charge on any atom is 0.0411 e. The summed E-state index contributed by atoms with van der Waals surface area (Å²) in [5.74, 6) is 1.12. The fraction of sp³-hybridized carbons (Fsp3) is 0.538. The lowest BCUT2D eigenvalue weighted by molar-refractivity contribution is 0.473. The summed E-state index contributed by atoms with van der Waals surface area (Å²) in [4.78, 5) is 0. The molecule has 1 aromatic rings. The number of hydrogen-bond donors (Lipinski definition) is 1. The molecule has 2 heteroatoms. The van der Waals surface area contributed by atoms with Gasteiger partial charge in [0.15, 0.2) is 0 Å². The summed E-state index contributed by atoms with van der Waals surface area (Å²) in [7, 11) is 0. The van der Waals surface area contributed by atoms with Crippen LogP contribution in [-0.4, -0.2) is 6.54 Å². The highest BCUT2D eigenvalue weighted by Gasteiger charge is 2.15. The van der Waals surface area contributed by atoms with Crippen LogP contribution >= 0.6 is 11.6 Å². The van der Waals surface area contributed by atoms with E-state index in [9.17, 15) is 0 Å². The van der Waals surface area contributed by atoms with Crippen LogP contribution in [-0.2, 0) is 0 Å². The van der Waals surface area contributed by atoms with Crippen LogP contribution in [0.15, 0.2) is 18.2 Å². The van der Waals surface area contributed by atoms with Crippen LogP contribution in [0.5, 0.6) is 0 Å². The van der Waals surface area contributed by atoms with Gasteiger partial charge in [-0.1, -0.05) is 31.5 Å². The van der Waals surface area contributed by atoms with Gasteiger partial charge in [0.1, 0.15) is 0 Å². The highest BCUT2D eigenvalue weighted by Crippen LogP contribution is 2.30. The zero-order valence-electron chi connectivity index (χ0n) is 9.76. The van der Waals surface area contributed by atoms with Crippen molar-refractivity contribution >= 4 is 11.6 Å². The summed E-state index contributed by atoms with van der Waals surface area (Å²) in [5.41, 5.74) is 8.19. The topological polar surface area (TPSA) is 26.0 Å². The summed E-state index contributed by atoms with van der Waals surface area (Å²) >= 11 is 6.07. The average Bonchev–Trinajstić information content (AvgIpc) is 2.11. The average molecular weight is 226 g/mol. The Bertz CT molecular complexity index is 300. The molecule has 0 aliphatic rings. The molecule has 0 bridgehead atoms. The predicted molar refractivity (Wildman–Crippen MR) is 67.4 cm³/mol. The van der Waals surface area contributed by atoms with Crippen molar-refractivity contribution in [2.45, 2.75) is 33.1 Å². The van der Waals surface area contributed by atoms with Crippen LogP contribution < -0.4 is 5.73 Å². The quantitative estimate of drug-likeness (QED) is 0.830. The smallest absolute Gasteiger partial charge is 0.0411 e. The molecule has 0 amide bonds. The van der Waals surface area contributed by atoms with Crippen LogP contribution in [0.1, 0.15) is 37.3 Å². The normalized spacial score (nSPS) is 13.2. The van der Waals surface area contributed by atoms with E-state index < -0.39 is 0 Å². The van der Waals surface area contributed by atoms with Crippen molar-refractivity contribution in [2.75, 3.05) is 6.54 Å². The minimum Gasteiger partial charge on any atom is -0.330 e. The fourth-order valence-corrected chi connectivity index (χ4v) is 2.34. The van der Waals surface area contributed by atoms with Gasteiger partial charge >= 0.3 is 0 Å². The Morgan fingerprint density at radius 2 is 1.93 bits per heavy atom. The minimum atomic E-state index is 0.521. The van der Waals surface area contributed by atoms with Crippen molar-refractivity contribution in [1.82, 2.24) is 0 Å². The maximum absolute atomic E-state index is 6.07. The van der Waals surface area contributed by atoms with Crippen molar-refractivity contribution in [3.8, 4) is 0 Å². The Kier molecular flexibility index (Phi) is 4.62. The molecule has 1 rings (SSSR count). The van der Waals surface area contributed by atoms with Gasteiger partial charge in [0.2, 0.25) is 0 Å². The van der Waals surface area contributed by atoms with Gasteiger partial charge in [-0.2, -0.15) is 0 Å². The van der Waals surface area contributed by atoms with Crippen molar-refractivity contribution in [2.24, 2.45) is 11.7 Å². The molecule has 1 aromatic carbocycles. The summed E-state index contributed by atoms with van der Waals surface area (Å²) in [6.07, 6.45) is 1.03. The molecule has 15 heavy (non-hydrogen) atoms. The lowest BCUT2D eigenvalue weighted by atomic mass is 9.85. The molecule has 0 aliphatic carbocycles. The molecule has 0 aromatic heterocycles. The first kappa shape index (κ1) is 12.5. The maximum atomic E-state index is 6.07. The van der Waals surface area contributed by atoms with Crippen LogP contribution in [0, 0.1) is 12.8 Å². The standard InChI is InChI=1S/C13H20ClN/c1-9(2)13(4-5-15)11-6-10(3)7-12(14)8-11/h6-9,13H,4-5,15H2,1-3H3. The van der Waals surface area contributed by atoms with Gasteiger partial charge in [0.05, 0.1) is 0 Å². The van der Waals surface area contributed by atoms with E-state index in [1.807, 2.05) is 6.07 Å². The van der Waals surface area contributed by atoms with Crippen LogP contribution in [0.4, 0.5) is 0 Å². The van der Waals surface area contributed by atoms with Crippen LogP contribution in [0.2, 0.25) is 5.02 Å². The molecule has 0 heterocycles. The van der Waals surface area contributed by atoms with E-state index >= 15 is 0 Å². The van der Waals surface area contributed by atoms with Crippen LogP contribution in [0.3, 0.4) is 0 Å². The number of rotatable bonds is 4. The van der Waals surface area contributed by atoms with Gasteiger partial charge in [-0.05, 0) is 55.0 Å². The molecular formula is C13H20ClN. The first-order chi connectivity index (χ1) is 7.04. The molecule has 0 saturated carbocycles. The molecule has 1 atom stereocenters.